The van der Waals surface area contributed by atoms with Gasteiger partial charge in [0.05, 0.1) is 32.4 Å². The summed E-state index contributed by atoms with van der Waals surface area (Å²) in [6.07, 6.45) is -7.04. The fourth-order valence-corrected chi connectivity index (χ4v) is 3.41. The number of rotatable bonds is 8. The summed E-state index contributed by atoms with van der Waals surface area (Å²) < 4.78 is 15.5. The van der Waals surface area contributed by atoms with Crippen LogP contribution in [0, 0.1) is 0 Å². The van der Waals surface area contributed by atoms with Crippen molar-refractivity contribution in [3.63, 3.8) is 0 Å². The molecule has 5 atom stereocenters. The van der Waals surface area contributed by atoms with Gasteiger partial charge < -0.3 is 50.0 Å². The number of benzene rings is 1. The highest BCUT2D eigenvalue weighted by molar-refractivity contribution is 6.08. The molecule has 3 rings (SSSR count). The van der Waals surface area contributed by atoms with Crippen molar-refractivity contribution in [1.29, 1.82) is 0 Å². The zero-order valence-electron chi connectivity index (χ0n) is 17.2. The first-order valence-corrected chi connectivity index (χ1v) is 9.86. The van der Waals surface area contributed by atoms with Crippen LogP contribution in [0.25, 0.3) is 0 Å². The fraction of sp³-hybridized carbons (Fsp3) is 0.500. The predicted octanol–water partition coefficient (Wildman–Crippen LogP) is -2.46. The van der Waals surface area contributed by atoms with Crippen molar-refractivity contribution in [2.45, 2.75) is 30.7 Å². The number of aliphatic hydroxyl groups is 5. The Kier molecular flexibility index (Phi) is 7.66. The highest BCUT2D eigenvalue weighted by atomic mass is 16.7. The van der Waals surface area contributed by atoms with E-state index in [1.54, 1.807) is 12.1 Å². The Hall–Kier alpha value is -2.74. The van der Waals surface area contributed by atoms with Gasteiger partial charge in [0.1, 0.15) is 35.9 Å². The molecule has 12 nitrogen and oxygen atoms in total. The Balaban J connectivity index is 1.71. The van der Waals surface area contributed by atoms with Gasteiger partial charge in [0, 0.05) is 12.2 Å². The first kappa shape index (κ1) is 23.9. The molecule has 6 N–H and O–H groups in total. The van der Waals surface area contributed by atoms with Gasteiger partial charge in [-0.1, -0.05) is 0 Å². The normalized spacial score (nSPS) is 28.1. The van der Waals surface area contributed by atoms with Crippen LogP contribution in [0.15, 0.2) is 35.5 Å². The number of ether oxygens (including phenoxy) is 3. The minimum Gasteiger partial charge on any atom is -0.466 e. The molecule has 2 aliphatic rings. The topological polar surface area (TPSA) is 178 Å². The zero-order chi connectivity index (χ0) is 23.4. The van der Waals surface area contributed by atoms with Gasteiger partial charge in [-0.3, -0.25) is 4.79 Å². The van der Waals surface area contributed by atoms with Crippen molar-refractivity contribution in [3.8, 4) is 5.75 Å². The van der Waals surface area contributed by atoms with Crippen LogP contribution in [0.5, 0.6) is 5.75 Å². The Morgan fingerprint density at radius 2 is 1.84 bits per heavy atom. The second kappa shape index (κ2) is 10.3. The van der Waals surface area contributed by atoms with Crippen LogP contribution in [0.2, 0.25) is 0 Å². The number of anilines is 1. The SMILES string of the molecule is COC(=O)C1=C(Nc2ccc(OC3OC(CO)C(O)C(O)C3O)cc2)C(=O)N(CCO)C1. The lowest BCUT2D eigenvalue weighted by Crippen LogP contribution is -2.60. The molecule has 0 aliphatic carbocycles. The molecule has 1 aromatic rings. The van der Waals surface area contributed by atoms with Crippen LogP contribution < -0.4 is 10.1 Å². The number of esters is 1. The van der Waals surface area contributed by atoms with Gasteiger partial charge >= 0.3 is 5.97 Å². The van der Waals surface area contributed by atoms with E-state index in [-0.39, 0.29) is 36.7 Å². The highest BCUT2D eigenvalue weighted by Gasteiger charge is 2.44. The summed E-state index contributed by atoms with van der Waals surface area (Å²) in [4.78, 5) is 25.9. The molecule has 1 aromatic carbocycles. The summed E-state index contributed by atoms with van der Waals surface area (Å²) >= 11 is 0. The molecule has 0 saturated carbocycles. The molecule has 176 valence electrons. The minimum absolute atomic E-state index is 0.00665. The maximum absolute atomic E-state index is 12.6. The smallest absolute Gasteiger partial charge is 0.337 e. The third-order valence-corrected chi connectivity index (χ3v) is 5.18. The lowest BCUT2D eigenvalue weighted by atomic mass is 9.99. The standard InChI is InChI=1S/C20H26N2O10/c1-30-19(29)12-8-22(6-7-23)18(28)14(12)21-10-2-4-11(5-3-10)31-20-17(27)16(26)15(25)13(9-24)32-20/h2-5,13,15-17,20-21,23-27H,6-9H2,1H3. The number of β-amino-alcohol motifs (C(OH)–C–C–N with tert-alkyl or cyclic N) is 1. The highest BCUT2D eigenvalue weighted by Crippen LogP contribution is 2.27. The first-order chi connectivity index (χ1) is 15.3. The van der Waals surface area contributed by atoms with E-state index in [1.807, 2.05) is 0 Å². The summed E-state index contributed by atoms with van der Waals surface area (Å²) in [5, 5.41) is 51.0. The molecule has 2 heterocycles. The largest absolute Gasteiger partial charge is 0.466 e. The molecule has 0 aromatic heterocycles. The number of aliphatic hydroxyl groups excluding tert-OH is 5. The molecule has 5 unspecified atom stereocenters. The molecule has 0 spiro atoms. The van der Waals surface area contributed by atoms with Crippen molar-refractivity contribution >= 4 is 17.6 Å². The van der Waals surface area contributed by atoms with Crippen LogP contribution >= 0.6 is 0 Å². The van der Waals surface area contributed by atoms with Crippen molar-refractivity contribution < 1.29 is 49.3 Å². The van der Waals surface area contributed by atoms with Gasteiger partial charge in [-0.2, -0.15) is 0 Å². The summed E-state index contributed by atoms with van der Waals surface area (Å²) in [6.45, 7) is -0.757. The Bertz CT molecular complexity index is 856. The van der Waals surface area contributed by atoms with Gasteiger partial charge in [0.2, 0.25) is 6.29 Å². The molecule has 0 bridgehead atoms. The molecular weight excluding hydrogens is 428 g/mol. The number of hydrogen-bond acceptors (Lipinski definition) is 11. The fourth-order valence-electron chi connectivity index (χ4n) is 3.41. The second-order valence-electron chi connectivity index (χ2n) is 7.26. The van der Waals surface area contributed by atoms with Crippen molar-refractivity contribution in [1.82, 2.24) is 4.90 Å². The van der Waals surface area contributed by atoms with E-state index < -0.39 is 49.2 Å². The van der Waals surface area contributed by atoms with E-state index in [0.717, 1.165) is 0 Å². The van der Waals surface area contributed by atoms with Gasteiger partial charge in [-0.25, -0.2) is 4.79 Å². The third kappa shape index (κ3) is 4.85. The summed E-state index contributed by atoms with van der Waals surface area (Å²) in [7, 11) is 1.21. The van der Waals surface area contributed by atoms with E-state index in [4.69, 9.17) is 19.3 Å². The van der Waals surface area contributed by atoms with Crippen LogP contribution in [0.3, 0.4) is 0 Å². The van der Waals surface area contributed by atoms with Gasteiger partial charge in [0.15, 0.2) is 0 Å². The lowest BCUT2D eigenvalue weighted by Gasteiger charge is -2.39. The van der Waals surface area contributed by atoms with Crippen molar-refractivity contribution in [2.75, 3.05) is 38.7 Å². The zero-order valence-corrected chi connectivity index (χ0v) is 17.2. The maximum Gasteiger partial charge on any atom is 0.337 e. The molecule has 2 aliphatic heterocycles. The number of nitrogens with zero attached hydrogens (tertiary/aromatic N) is 1. The summed E-state index contributed by atoms with van der Waals surface area (Å²) in [5.41, 5.74) is 0.613. The summed E-state index contributed by atoms with van der Waals surface area (Å²) in [5.74, 6) is -0.883. The maximum atomic E-state index is 12.6. The number of carbonyl (C=O) groups excluding carboxylic acids is 2. The Morgan fingerprint density at radius 1 is 1.16 bits per heavy atom. The average molecular weight is 454 g/mol. The molecule has 1 saturated heterocycles. The molecule has 0 radical (unpaired) electrons. The van der Waals surface area contributed by atoms with Crippen LogP contribution in [0.1, 0.15) is 0 Å². The summed E-state index contributed by atoms with van der Waals surface area (Å²) in [6, 6.07) is 6.08. The van der Waals surface area contributed by atoms with Crippen LogP contribution in [-0.4, -0.2) is 106 Å². The lowest BCUT2D eigenvalue weighted by molar-refractivity contribution is -0.277. The van der Waals surface area contributed by atoms with Crippen LogP contribution in [0.4, 0.5) is 5.69 Å². The number of nitrogens with one attached hydrogen (secondary N) is 1. The predicted molar refractivity (Wildman–Crippen MR) is 107 cm³/mol. The van der Waals surface area contributed by atoms with E-state index in [9.17, 15) is 30.0 Å². The number of hydrogen-bond donors (Lipinski definition) is 6. The Morgan fingerprint density at radius 3 is 2.44 bits per heavy atom. The molecule has 1 fully saturated rings. The van der Waals surface area contributed by atoms with Gasteiger partial charge in [-0.05, 0) is 24.3 Å². The molecule has 1 amide bonds. The number of amides is 1. The van der Waals surface area contributed by atoms with Gasteiger partial charge in [0.25, 0.3) is 5.91 Å². The monoisotopic (exact) mass is 454 g/mol. The first-order valence-electron chi connectivity index (χ1n) is 9.86. The average Bonchev–Trinajstić information content (AvgIpc) is 3.10. The molecule has 12 heteroatoms. The van der Waals surface area contributed by atoms with E-state index in [2.05, 4.69) is 5.32 Å². The van der Waals surface area contributed by atoms with Crippen molar-refractivity contribution in [2.24, 2.45) is 0 Å². The van der Waals surface area contributed by atoms with Gasteiger partial charge in [-0.15, -0.1) is 0 Å². The van der Waals surface area contributed by atoms with E-state index in [0.29, 0.717) is 5.69 Å². The number of methoxy groups -OCH3 is 1. The van der Waals surface area contributed by atoms with Crippen LogP contribution in [-0.2, 0) is 19.1 Å². The third-order valence-electron chi connectivity index (χ3n) is 5.18. The van der Waals surface area contributed by atoms with Crippen molar-refractivity contribution in [3.05, 3.63) is 35.5 Å². The van der Waals surface area contributed by atoms with E-state index in [1.165, 1.54) is 24.1 Å². The minimum atomic E-state index is -1.56. The molecule has 32 heavy (non-hydrogen) atoms. The number of carbonyl (C=O) groups is 2. The Labute approximate surface area is 183 Å². The second-order valence-corrected chi connectivity index (χ2v) is 7.26. The quantitative estimate of drug-likeness (QED) is 0.230. The van der Waals surface area contributed by atoms with E-state index >= 15 is 0 Å². The molecular formula is C20H26N2O10.